The van der Waals surface area contributed by atoms with Crippen molar-refractivity contribution in [3.63, 3.8) is 0 Å². The third-order valence-corrected chi connectivity index (χ3v) is 6.79. The van der Waals surface area contributed by atoms with Crippen molar-refractivity contribution in [1.82, 2.24) is 10.2 Å². The van der Waals surface area contributed by atoms with Gasteiger partial charge >= 0.3 is 5.97 Å². The summed E-state index contributed by atoms with van der Waals surface area (Å²) in [7, 11) is 0. The largest absolute Gasteiger partial charge is 0.458 e. The van der Waals surface area contributed by atoms with Crippen molar-refractivity contribution >= 4 is 28.8 Å². The quantitative estimate of drug-likeness (QED) is 0.465. The van der Waals surface area contributed by atoms with E-state index in [0.29, 0.717) is 17.2 Å². The number of aryl methyl sites for hydroxylation is 2. The van der Waals surface area contributed by atoms with Gasteiger partial charge in [-0.05, 0) is 56.1 Å². The molecule has 0 bridgehead atoms. The van der Waals surface area contributed by atoms with E-state index in [9.17, 15) is 9.59 Å². The Morgan fingerprint density at radius 3 is 2.78 bits per heavy atom. The molecule has 1 saturated carbocycles. The molecule has 1 amide bonds. The highest BCUT2D eigenvalue weighted by Gasteiger charge is 2.41. The molecule has 1 aromatic carbocycles. The summed E-state index contributed by atoms with van der Waals surface area (Å²) in [6, 6.07) is 5.81. The number of nitrogens with zero attached hydrogens (tertiary/aromatic N) is 2. The number of amidine groups is 1. The number of nitrogens with one attached hydrogen (secondary N) is 1. The number of ether oxygens (including phenoxy) is 1. The molecule has 1 atom stereocenters. The minimum absolute atomic E-state index is 0.00793. The van der Waals surface area contributed by atoms with Crippen LogP contribution in [-0.4, -0.2) is 35.1 Å². The van der Waals surface area contributed by atoms with Crippen LogP contribution in [-0.2, 0) is 14.3 Å². The SMILES string of the molecule is C=CCOC(=O)C1=C(C)N=C2SC=C(CC(=O)NCC3CC3)N2[C@@H]1c1ccc(C)cc1C. The predicted octanol–water partition coefficient (Wildman–Crippen LogP) is 4.52. The fourth-order valence-electron chi connectivity index (χ4n) is 4.08. The zero-order valence-corrected chi connectivity index (χ0v) is 19.6. The number of amides is 1. The van der Waals surface area contributed by atoms with Gasteiger partial charge < -0.3 is 15.0 Å². The maximum atomic E-state index is 13.1. The van der Waals surface area contributed by atoms with Gasteiger partial charge in [0.1, 0.15) is 6.61 Å². The van der Waals surface area contributed by atoms with E-state index in [1.165, 1.54) is 24.6 Å². The Morgan fingerprint density at radius 1 is 1.31 bits per heavy atom. The maximum absolute atomic E-state index is 13.1. The zero-order valence-electron chi connectivity index (χ0n) is 18.8. The highest BCUT2D eigenvalue weighted by molar-refractivity contribution is 8.16. The number of thioether (sulfide) groups is 1. The van der Waals surface area contributed by atoms with Gasteiger partial charge in [0.05, 0.1) is 23.7 Å². The summed E-state index contributed by atoms with van der Waals surface area (Å²) in [4.78, 5) is 32.5. The summed E-state index contributed by atoms with van der Waals surface area (Å²) in [6.45, 7) is 10.4. The van der Waals surface area contributed by atoms with Crippen molar-refractivity contribution < 1.29 is 14.3 Å². The lowest BCUT2D eigenvalue weighted by Gasteiger charge is -2.37. The summed E-state index contributed by atoms with van der Waals surface area (Å²) in [5.41, 5.74) is 5.20. The highest BCUT2D eigenvalue weighted by atomic mass is 32.2. The fraction of sp³-hybridized carbons (Fsp3) is 0.400. The molecule has 0 aromatic heterocycles. The summed E-state index contributed by atoms with van der Waals surface area (Å²) in [6.07, 6.45) is 4.18. The molecule has 1 aromatic rings. The molecule has 1 fully saturated rings. The van der Waals surface area contributed by atoms with Crippen molar-refractivity contribution in [2.75, 3.05) is 13.2 Å². The van der Waals surface area contributed by atoms with Crippen LogP contribution in [0.15, 0.2) is 58.2 Å². The molecule has 32 heavy (non-hydrogen) atoms. The standard InChI is InChI=1S/C25H29N3O3S/c1-5-10-31-24(30)22-17(4)27-25-28(23(22)20-9-6-15(2)11-16(20)3)19(14-32-25)12-21(29)26-13-18-7-8-18/h5-6,9,11,14,18,23H,1,7-8,10,12-13H2,2-4H3,(H,26,29)/t23-/m1/s1. The Hall–Kier alpha value is -2.80. The second kappa shape index (κ2) is 9.36. The lowest BCUT2D eigenvalue weighted by atomic mass is 9.90. The van der Waals surface area contributed by atoms with Gasteiger partial charge in [-0.25, -0.2) is 9.79 Å². The number of allylic oxidation sites excluding steroid dienone is 1. The minimum Gasteiger partial charge on any atom is -0.458 e. The number of carbonyl (C=O) groups excluding carboxylic acids is 2. The van der Waals surface area contributed by atoms with E-state index in [1.54, 1.807) is 6.08 Å². The molecular weight excluding hydrogens is 422 g/mol. The number of hydrogen-bond acceptors (Lipinski definition) is 6. The Balaban J connectivity index is 1.69. The first kappa shape index (κ1) is 22.4. The van der Waals surface area contributed by atoms with Gasteiger partial charge in [-0.15, -0.1) is 0 Å². The summed E-state index contributed by atoms with van der Waals surface area (Å²) >= 11 is 1.49. The van der Waals surface area contributed by atoms with Gasteiger partial charge in [-0.2, -0.15) is 0 Å². The van der Waals surface area contributed by atoms with Crippen LogP contribution in [0.25, 0.3) is 0 Å². The molecular formula is C25H29N3O3S. The van der Waals surface area contributed by atoms with Gasteiger partial charge in [-0.1, -0.05) is 48.2 Å². The topological polar surface area (TPSA) is 71.0 Å². The van der Waals surface area contributed by atoms with E-state index < -0.39 is 12.0 Å². The molecule has 0 spiro atoms. The molecule has 2 heterocycles. The van der Waals surface area contributed by atoms with Gasteiger partial charge in [-0.3, -0.25) is 4.79 Å². The summed E-state index contributed by atoms with van der Waals surface area (Å²) < 4.78 is 5.44. The first-order chi connectivity index (χ1) is 15.4. The lowest BCUT2D eigenvalue weighted by molar-refractivity contribution is -0.138. The van der Waals surface area contributed by atoms with Crippen LogP contribution in [0.1, 0.15) is 48.9 Å². The van der Waals surface area contributed by atoms with Gasteiger partial charge in [0.25, 0.3) is 0 Å². The van der Waals surface area contributed by atoms with Crippen LogP contribution < -0.4 is 5.32 Å². The number of aliphatic imine (C=N–C) groups is 1. The van der Waals surface area contributed by atoms with E-state index in [0.717, 1.165) is 34.1 Å². The first-order valence-corrected chi connectivity index (χ1v) is 11.8. The third kappa shape index (κ3) is 4.67. The average Bonchev–Trinajstić information content (AvgIpc) is 3.50. The number of rotatable bonds is 8. The van der Waals surface area contributed by atoms with E-state index >= 15 is 0 Å². The first-order valence-electron chi connectivity index (χ1n) is 10.9. The second-order valence-electron chi connectivity index (χ2n) is 8.56. The molecule has 168 valence electrons. The Kier molecular flexibility index (Phi) is 6.55. The predicted molar refractivity (Wildman–Crippen MR) is 128 cm³/mol. The van der Waals surface area contributed by atoms with E-state index in [4.69, 9.17) is 9.73 Å². The fourth-order valence-corrected chi connectivity index (χ4v) is 5.04. The monoisotopic (exact) mass is 451 g/mol. The second-order valence-corrected chi connectivity index (χ2v) is 9.40. The zero-order chi connectivity index (χ0) is 22.8. The van der Waals surface area contributed by atoms with Gasteiger partial charge in [0.15, 0.2) is 5.17 Å². The molecule has 1 N–H and O–H groups in total. The molecule has 1 aliphatic carbocycles. The molecule has 0 saturated heterocycles. The number of carbonyl (C=O) groups is 2. The molecule has 0 unspecified atom stereocenters. The molecule has 3 aliphatic rings. The number of hydrogen-bond donors (Lipinski definition) is 1. The van der Waals surface area contributed by atoms with Crippen molar-refractivity contribution in [3.8, 4) is 0 Å². The van der Waals surface area contributed by atoms with Crippen molar-refractivity contribution in [3.05, 3.63) is 69.9 Å². The van der Waals surface area contributed by atoms with Crippen LogP contribution in [0.5, 0.6) is 0 Å². The van der Waals surface area contributed by atoms with Crippen molar-refractivity contribution in [2.24, 2.45) is 10.9 Å². The maximum Gasteiger partial charge on any atom is 0.338 e. The molecule has 6 nitrogen and oxygen atoms in total. The smallest absolute Gasteiger partial charge is 0.338 e. The summed E-state index contributed by atoms with van der Waals surface area (Å²) in [5, 5.41) is 5.79. The lowest BCUT2D eigenvalue weighted by Crippen LogP contribution is -2.38. The Morgan fingerprint density at radius 2 is 2.09 bits per heavy atom. The van der Waals surface area contributed by atoms with Crippen molar-refractivity contribution in [1.29, 1.82) is 0 Å². The average molecular weight is 452 g/mol. The van der Waals surface area contributed by atoms with Crippen molar-refractivity contribution in [2.45, 2.75) is 46.1 Å². The van der Waals surface area contributed by atoms with Gasteiger partial charge in [0, 0.05) is 12.2 Å². The Bertz CT molecular complexity index is 1050. The number of benzene rings is 1. The normalized spacial score (nSPS) is 19.8. The van der Waals surface area contributed by atoms with E-state index in [-0.39, 0.29) is 18.9 Å². The molecule has 2 aliphatic heterocycles. The minimum atomic E-state index is -0.412. The third-order valence-electron chi connectivity index (χ3n) is 5.90. The van der Waals surface area contributed by atoms with Crippen LogP contribution in [0.2, 0.25) is 0 Å². The van der Waals surface area contributed by atoms with E-state index in [2.05, 4.69) is 24.0 Å². The number of esters is 1. The molecule has 4 rings (SSSR count). The molecule has 7 heteroatoms. The highest BCUT2D eigenvalue weighted by Crippen LogP contribution is 2.45. The van der Waals surface area contributed by atoms with Crippen LogP contribution in [0.4, 0.5) is 0 Å². The number of fused-ring (bicyclic) bond motifs is 1. The molecule has 0 radical (unpaired) electrons. The Labute approximate surface area is 193 Å². The summed E-state index contributed by atoms with van der Waals surface area (Å²) in [5.74, 6) is 0.203. The van der Waals surface area contributed by atoms with Gasteiger partial charge in [0.2, 0.25) is 5.91 Å². The van der Waals surface area contributed by atoms with Crippen LogP contribution in [0, 0.1) is 19.8 Å². The van der Waals surface area contributed by atoms with Crippen LogP contribution in [0.3, 0.4) is 0 Å². The van der Waals surface area contributed by atoms with Crippen LogP contribution >= 0.6 is 11.8 Å². The van der Waals surface area contributed by atoms with E-state index in [1.807, 2.05) is 37.1 Å².